The van der Waals surface area contributed by atoms with Crippen LogP contribution >= 0.6 is 11.8 Å². The number of aromatic nitrogens is 2. The molecule has 0 saturated carbocycles. The summed E-state index contributed by atoms with van der Waals surface area (Å²) >= 11 is 1.66. The van der Waals surface area contributed by atoms with Gasteiger partial charge in [-0.05, 0) is 24.3 Å². The summed E-state index contributed by atoms with van der Waals surface area (Å²) in [7, 11) is 0. The highest BCUT2D eigenvalue weighted by Gasteiger charge is 2.07. The fraction of sp³-hybridized carbons (Fsp3) is 0.0526. The lowest BCUT2D eigenvalue weighted by Gasteiger charge is -2.01. The highest BCUT2D eigenvalue weighted by molar-refractivity contribution is 7.98. The Morgan fingerprint density at radius 2 is 1.65 bits per heavy atom. The second kappa shape index (κ2) is 6.26. The monoisotopic (exact) mass is 318 g/mol. The standard InChI is InChI=1S/C19H14N2OS/c1-2-7-15(8-3-1)19-20-16(12-22-19)13-23-18-11-10-14-6-4-5-9-17(14)21-18/h1-12H,13H2. The molecule has 0 amide bonds. The summed E-state index contributed by atoms with van der Waals surface area (Å²) in [4.78, 5) is 9.20. The van der Waals surface area contributed by atoms with E-state index in [2.05, 4.69) is 22.1 Å². The number of benzene rings is 2. The van der Waals surface area contributed by atoms with Gasteiger partial charge in [-0.3, -0.25) is 0 Å². The lowest BCUT2D eigenvalue weighted by molar-refractivity contribution is 0.573. The van der Waals surface area contributed by atoms with E-state index in [0.29, 0.717) is 5.89 Å². The van der Waals surface area contributed by atoms with Crippen LogP contribution in [0.4, 0.5) is 0 Å². The van der Waals surface area contributed by atoms with Crippen LogP contribution in [0.15, 0.2) is 82.4 Å². The first kappa shape index (κ1) is 14.0. The van der Waals surface area contributed by atoms with Crippen molar-refractivity contribution in [3.63, 3.8) is 0 Å². The number of hydrogen-bond donors (Lipinski definition) is 0. The second-order valence-electron chi connectivity index (χ2n) is 5.14. The van der Waals surface area contributed by atoms with Crippen LogP contribution in [0, 0.1) is 0 Å². The average molecular weight is 318 g/mol. The van der Waals surface area contributed by atoms with Crippen molar-refractivity contribution in [1.82, 2.24) is 9.97 Å². The zero-order valence-corrected chi connectivity index (χ0v) is 13.2. The summed E-state index contributed by atoms with van der Waals surface area (Å²) in [5.74, 6) is 1.40. The number of para-hydroxylation sites is 1. The molecule has 0 fully saturated rings. The minimum absolute atomic E-state index is 0.660. The predicted molar refractivity (Wildman–Crippen MR) is 93.2 cm³/mol. The Morgan fingerprint density at radius 1 is 0.826 bits per heavy atom. The topological polar surface area (TPSA) is 38.9 Å². The molecule has 4 aromatic rings. The predicted octanol–water partition coefficient (Wildman–Crippen LogP) is 5.18. The maximum absolute atomic E-state index is 5.56. The summed E-state index contributed by atoms with van der Waals surface area (Å²) in [6, 6.07) is 22.2. The Labute approximate surface area is 138 Å². The third-order valence-electron chi connectivity index (χ3n) is 3.51. The van der Waals surface area contributed by atoms with Gasteiger partial charge in [0.25, 0.3) is 0 Å². The SMILES string of the molecule is c1ccc(-c2nc(CSc3ccc4ccccc4n3)co2)cc1. The van der Waals surface area contributed by atoms with Gasteiger partial charge in [0.1, 0.15) is 6.26 Å². The number of oxazole rings is 1. The lowest BCUT2D eigenvalue weighted by atomic mass is 10.2. The van der Waals surface area contributed by atoms with Gasteiger partial charge in [0.2, 0.25) is 5.89 Å². The molecule has 23 heavy (non-hydrogen) atoms. The van der Waals surface area contributed by atoms with Gasteiger partial charge in [-0.25, -0.2) is 9.97 Å². The Bertz CT molecular complexity index is 934. The summed E-state index contributed by atoms with van der Waals surface area (Å²) in [6.45, 7) is 0. The summed E-state index contributed by atoms with van der Waals surface area (Å²) in [6.07, 6.45) is 1.72. The van der Waals surface area contributed by atoms with E-state index >= 15 is 0 Å². The average Bonchev–Trinajstić information content (AvgIpc) is 3.10. The zero-order chi connectivity index (χ0) is 15.5. The first-order valence-electron chi connectivity index (χ1n) is 7.37. The molecule has 2 aromatic heterocycles. The van der Waals surface area contributed by atoms with Crippen LogP contribution in [0.2, 0.25) is 0 Å². The van der Waals surface area contributed by atoms with Gasteiger partial charge >= 0.3 is 0 Å². The van der Waals surface area contributed by atoms with E-state index in [4.69, 9.17) is 4.42 Å². The fourth-order valence-electron chi connectivity index (χ4n) is 2.36. The number of pyridine rings is 1. The minimum Gasteiger partial charge on any atom is -0.444 e. The molecule has 2 heterocycles. The summed E-state index contributed by atoms with van der Waals surface area (Å²) < 4.78 is 5.56. The van der Waals surface area contributed by atoms with Crippen molar-refractivity contribution >= 4 is 22.7 Å². The molecule has 4 heteroatoms. The lowest BCUT2D eigenvalue weighted by Crippen LogP contribution is -1.85. The van der Waals surface area contributed by atoms with Crippen LogP contribution in [0.3, 0.4) is 0 Å². The van der Waals surface area contributed by atoms with Crippen molar-refractivity contribution in [2.24, 2.45) is 0 Å². The van der Waals surface area contributed by atoms with E-state index in [1.54, 1.807) is 18.0 Å². The molecule has 0 radical (unpaired) electrons. The first-order chi connectivity index (χ1) is 11.4. The van der Waals surface area contributed by atoms with E-state index in [9.17, 15) is 0 Å². The third-order valence-corrected chi connectivity index (χ3v) is 4.48. The van der Waals surface area contributed by atoms with Gasteiger partial charge in [0.05, 0.1) is 16.2 Å². The van der Waals surface area contributed by atoms with Crippen LogP contribution < -0.4 is 0 Å². The zero-order valence-electron chi connectivity index (χ0n) is 12.3. The van der Waals surface area contributed by atoms with E-state index in [0.717, 1.165) is 32.9 Å². The highest BCUT2D eigenvalue weighted by Crippen LogP contribution is 2.25. The van der Waals surface area contributed by atoms with Crippen molar-refractivity contribution < 1.29 is 4.42 Å². The molecule has 112 valence electrons. The number of thioether (sulfide) groups is 1. The van der Waals surface area contributed by atoms with Crippen molar-refractivity contribution in [2.75, 3.05) is 0 Å². The number of nitrogens with zero attached hydrogens (tertiary/aromatic N) is 2. The molecule has 0 saturated heterocycles. The largest absolute Gasteiger partial charge is 0.444 e. The van der Waals surface area contributed by atoms with Crippen molar-refractivity contribution in [2.45, 2.75) is 10.8 Å². The molecule has 0 unspecified atom stereocenters. The first-order valence-corrected chi connectivity index (χ1v) is 8.35. The second-order valence-corrected chi connectivity index (χ2v) is 6.14. The Kier molecular flexibility index (Phi) is 3.82. The normalized spacial score (nSPS) is 11.0. The minimum atomic E-state index is 0.660. The molecule has 4 rings (SSSR count). The van der Waals surface area contributed by atoms with Crippen LogP contribution in [-0.2, 0) is 5.75 Å². The Morgan fingerprint density at radius 3 is 2.57 bits per heavy atom. The van der Waals surface area contributed by atoms with E-state index in [-0.39, 0.29) is 0 Å². The van der Waals surface area contributed by atoms with E-state index < -0.39 is 0 Å². The molecular formula is C19H14N2OS. The molecule has 0 atom stereocenters. The van der Waals surface area contributed by atoms with Crippen molar-refractivity contribution in [1.29, 1.82) is 0 Å². The van der Waals surface area contributed by atoms with Crippen molar-refractivity contribution in [3.05, 3.63) is 78.7 Å². The van der Waals surface area contributed by atoms with Gasteiger partial charge in [0, 0.05) is 16.7 Å². The summed E-state index contributed by atoms with van der Waals surface area (Å²) in [5, 5.41) is 2.15. The van der Waals surface area contributed by atoms with Crippen molar-refractivity contribution in [3.8, 4) is 11.5 Å². The Hall–Kier alpha value is -2.59. The number of hydrogen-bond acceptors (Lipinski definition) is 4. The Balaban J connectivity index is 1.49. The molecule has 0 spiro atoms. The van der Waals surface area contributed by atoms with E-state index in [1.165, 1.54) is 0 Å². The van der Waals surface area contributed by atoms with Crippen LogP contribution in [0.1, 0.15) is 5.69 Å². The summed E-state index contributed by atoms with van der Waals surface area (Å²) in [5.41, 5.74) is 2.93. The quantitative estimate of drug-likeness (QED) is 0.486. The van der Waals surface area contributed by atoms with Crippen LogP contribution in [0.25, 0.3) is 22.4 Å². The number of fused-ring (bicyclic) bond motifs is 1. The van der Waals surface area contributed by atoms with E-state index in [1.807, 2.05) is 54.6 Å². The molecule has 0 N–H and O–H groups in total. The molecule has 0 aliphatic rings. The molecule has 2 aromatic carbocycles. The molecule has 3 nitrogen and oxygen atoms in total. The number of rotatable bonds is 4. The molecular weight excluding hydrogens is 304 g/mol. The molecule has 0 aliphatic carbocycles. The van der Waals surface area contributed by atoms with Gasteiger partial charge in [-0.1, -0.05) is 54.2 Å². The molecule has 0 aliphatic heterocycles. The van der Waals surface area contributed by atoms with Gasteiger partial charge < -0.3 is 4.42 Å². The van der Waals surface area contributed by atoms with Crippen LogP contribution in [-0.4, -0.2) is 9.97 Å². The van der Waals surface area contributed by atoms with Crippen LogP contribution in [0.5, 0.6) is 0 Å². The highest BCUT2D eigenvalue weighted by atomic mass is 32.2. The smallest absolute Gasteiger partial charge is 0.226 e. The van der Waals surface area contributed by atoms with Gasteiger partial charge in [0.15, 0.2) is 0 Å². The van der Waals surface area contributed by atoms with Gasteiger partial charge in [-0.2, -0.15) is 0 Å². The maximum atomic E-state index is 5.56. The molecule has 0 bridgehead atoms. The maximum Gasteiger partial charge on any atom is 0.226 e. The third kappa shape index (κ3) is 3.12. The van der Waals surface area contributed by atoms with Gasteiger partial charge in [-0.15, -0.1) is 0 Å². The fourth-order valence-corrected chi connectivity index (χ4v) is 3.12.